The molecule has 2 fully saturated rings. The molecule has 1 heterocycles. The number of nitrogens with zero attached hydrogens (tertiary/aromatic N) is 1. The van der Waals surface area contributed by atoms with Gasteiger partial charge in [-0.3, -0.25) is 9.59 Å². The molecule has 4 heteroatoms. The molecule has 4 nitrogen and oxygen atoms in total. The molecule has 3 aliphatic rings. The molecule has 1 saturated heterocycles. The second kappa shape index (κ2) is 6.58. The summed E-state index contributed by atoms with van der Waals surface area (Å²) in [7, 11) is 0. The van der Waals surface area contributed by atoms with Crippen molar-refractivity contribution in [3.05, 3.63) is 35.4 Å². The summed E-state index contributed by atoms with van der Waals surface area (Å²) in [4.78, 5) is 26.8. The van der Waals surface area contributed by atoms with E-state index in [1.54, 1.807) is 0 Å². The molecule has 128 valence electrons. The summed E-state index contributed by atoms with van der Waals surface area (Å²) in [5.74, 6) is 0.858. The monoisotopic (exact) mass is 326 g/mol. The molecule has 2 atom stereocenters. The fourth-order valence-corrected chi connectivity index (χ4v) is 4.28. The van der Waals surface area contributed by atoms with Crippen molar-refractivity contribution in [2.24, 2.45) is 5.92 Å². The van der Waals surface area contributed by atoms with E-state index in [9.17, 15) is 9.59 Å². The second-order valence-corrected chi connectivity index (χ2v) is 7.50. The zero-order valence-electron chi connectivity index (χ0n) is 14.2. The van der Waals surface area contributed by atoms with Crippen LogP contribution in [0, 0.1) is 5.92 Å². The van der Waals surface area contributed by atoms with Crippen LogP contribution in [-0.4, -0.2) is 35.8 Å². The predicted molar refractivity (Wildman–Crippen MR) is 92.6 cm³/mol. The summed E-state index contributed by atoms with van der Waals surface area (Å²) in [5.41, 5.74) is 2.82. The Bertz CT molecular complexity index is 638. The quantitative estimate of drug-likeness (QED) is 0.925. The number of hydrogen-bond donors (Lipinski definition) is 1. The maximum Gasteiger partial charge on any atom is 0.242 e. The number of rotatable bonds is 4. The number of hydrogen-bond acceptors (Lipinski definition) is 2. The van der Waals surface area contributed by atoms with E-state index in [1.165, 1.54) is 17.5 Å². The molecule has 2 aliphatic carbocycles. The van der Waals surface area contributed by atoms with Crippen molar-refractivity contribution in [2.45, 2.75) is 56.9 Å². The van der Waals surface area contributed by atoms with E-state index in [4.69, 9.17) is 0 Å². The summed E-state index contributed by atoms with van der Waals surface area (Å²) >= 11 is 0. The van der Waals surface area contributed by atoms with Crippen molar-refractivity contribution >= 4 is 11.8 Å². The largest absolute Gasteiger partial charge is 0.354 e. The molecule has 1 N–H and O–H groups in total. The van der Waals surface area contributed by atoms with Crippen LogP contribution in [0.5, 0.6) is 0 Å². The van der Waals surface area contributed by atoms with E-state index < -0.39 is 0 Å². The maximum absolute atomic E-state index is 12.7. The van der Waals surface area contributed by atoms with Gasteiger partial charge in [0.1, 0.15) is 6.04 Å². The SMILES string of the molecule is O=C(NC[C@@H]1CCCc2ccccc21)[C@H]1CCCN1C(=O)C1CC1. The number of nitrogens with one attached hydrogen (secondary N) is 1. The van der Waals surface area contributed by atoms with E-state index >= 15 is 0 Å². The Balaban J connectivity index is 1.37. The van der Waals surface area contributed by atoms with Crippen molar-refractivity contribution in [1.29, 1.82) is 0 Å². The van der Waals surface area contributed by atoms with Crippen molar-refractivity contribution in [1.82, 2.24) is 10.2 Å². The standard InChI is InChI=1S/C20H26N2O2/c23-19(18-9-4-12-22(18)20(24)15-10-11-15)21-13-16-7-3-6-14-5-1-2-8-17(14)16/h1-2,5,8,15-16,18H,3-4,6-7,9-13H2,(H,21,23)/t16-,18+/m0/s1. The van der Waals surface area contributed by atoms with Gasteiger partial charge in [0.05, 0.1) is 0 Å². The van der Waals surface area contributed by atoms with Crippen molar-refractivity contribution < 1.29 is 9.59 Å². The molecule has 0 bridgehead atoms. The lowest BCUT2D eigenvalue weighted by molar-refractivity contribution is -0.139. The van der Waals surface area contributed by atoms with E-state index in [0.717, 1.165) is 45.1 Å². The lowest BCUT2D eigenvalue weighted by atomic mass is 9.83. The smallest absolute Gasteiger partial charge is 0.242 e. The highest BCUT2D eigenvalue weighted by atomic mass is 16.2. The molecule has 2 amide bonds. The third kappa shape index (κ3) is 3.06. The van der Waals surface area contributed by atoms with E-state index in [-0.39, 0.29) is 23.8 Å². The zero-order chi connectivity index (χ0) is 16.5. The Labute approximate surface area is 143 Å². The number of benzene rings is 1. The number of carbonyl (C=O) groups is 2. The number of aryl methyl sites for hydroxylation is 1. The average Bonchev–Trinajstić information content (AvgIpc) is 3.35. The van der Waals surface area contributed by atoms with Crippen molar-refractivity contribution in [2.75, 3.05) is 13.1 Å². The van der Waals surface area contributed by atoms with Crippen LogP contribution in [0.15, 0.2) is 24.3 Å². The highest BCUT2D eigenvalue weighted by molar-refractivity contribution is 5.90. The second-order valence-electron chi connectivity index (χ2n) is 7.50. The maximum atomic E-state index is 12.7. The van der Waals surface area contributed by atoms with E-state index in [0.29, 0.717) is 12.5 Å². The lowest BCUT2D eigenvalue weighted by Gasteiger charge is -2.28. The van der Waals surface area contributed by atoms with Gasteiger partial charge in [-0.1, -0.05) is 24.3 Å². The summed E-state index contributed by atoms with van der Waals surface area (Å²) in [6.45, 7) is 1.44. The first-order chi connectivity index (χ1) is 11.7. The molecule has 1 aromatic rings. The van der Waals surface area contributed by atoms with Gasteiger partial charge < -0.3 is 10.2 Å². The van der Waals surface area contributed by atoms with Gasteiger partial charge in [0.15, 0.2) is 0 Å². The molecule has 0 radical (unpaired) electrons. The Morgan fingerprint density at radius 2 is 1.92 bits per heavy atom. The number of likely N-dealkylation sites (tertiary alicyclic amines) is 1. The van der Waals surface area contributed by atoms with E-state index in [1.807, 2.05) is 4.90 Å². The van der Waals surface area contributed by atoms with Crippen LogP contribution in [-0.2, 0) is 16.0 Å². The highest BCUT2D eigenvalue weighted by Crippen LogP contribution is 2.34. The summed E-state index contributed by atoms with van der Waals surface area (Å²) in [6, 6.07) is 8.35. The fraction of sp³-hybridized carbons (Fsp3) is 0.600. The van der Waals surface area contributed by atoms with Gasteiger partial charge in [0.25, 0.3) is 0 Å². The average molecular weight is 326 g/mol. The fourth-order valence-electron chi connectivity index (χ4n) is 4.28. The summed E-state index contributed by atoms with van der Waals surface area (Å²) < 4.78 is 0. The van der Waals surface area contributed by atoms with Gasteiger partial charge in [-0.25, -0.2) is 0 Å². The molecular formula is C20H26N2O2. The first-order valence-electron chi connectivity index (χ1n) is 9.40. The molecule has 0 aromatic heterocycles. The summed E-state index contributed by atoms with van der Waals surface area (Å²) in [5, 5.41) is 3.15. The Morgan fingerprint density at radius 3 is 2.75 bits per heavy atom. The van der Waals surface area contributed by atoms with Crippen LogP contribution in [0.2, 0.25) is 0 Å². The topological polar surface area (TPSA) is 49.4 Å². The van der Waals surface area contributed by atoms with Crippen LogP contribution in [0.1, 0.15) is 55.6 Å². The normalized spacial score (nSPS) is 26.1. The van der Waals surface area contributed by atoms with E-state index in [2.05, 4.69) is 29.6 Å². The van der Waals surface area contributed by atoms with Gasteiger partial charge in [-0.05, 0) is 56.1 Å². The molecule has 4 rings (SSSR count). The van der Waals surface area contributed by atoms with Gasteiger partial charge >= 0.3 is 0 Å². The Hall–Kier alpha value is -1.84. The van der Waals surface area contributed by atoms with Crippen LogP contribution in [0.3, 0.4) is 0 Å². The molecule has 24 heavy (non-hydrogen) atoms. The van der Waals surface area contributed by atoms with Gasteiger partial charge in [0, 0.05) is 24.9 Å². The minimum Gasteiger partial charge on any atom is -0.354 e. The van der Waals surface area contributed by atoms with Gasteiger partial charge in [-0.2, -0.15) is 0 Å². The molecular weight excluding hydrogens is 300 g/mol. The number of amides is 2. The van der Waals surface area contributed by atoms with Crippen LogP contribution in [0.4, 0.5) is 0 Å². The minimum atomic E-state index is -0.239. The van der Waals surface area contributed by atoms with Gasteiger partial charge in [0.2, 0.25) is 11.8 Å². The Morgan fingerprint density at radius 1 is 1.08 bits per heavy atom. The first kappa shape index (κ1) is 15.7. The number of fused-ring (bicyclic) bond motifs is 1. The molecule has 1 aliphatic heterocycles. The molecule has 0 unspecified atom stereocenters. The third-order valence-electron chi connectivity index (χ3n) is 5.78. The predicted octanol–water partition coefficient (Wildman–Crippen LogP) is 2.62. The third-order valence-corrected chi connectivity index (χ3v) is 5.78. The lowest BCUT2D eigenvalue weighted by Crippen LogP contribution is -2.47. The van der Waals surface area contributed by atoms with Gasteiger partial charge in [-0.15, -0.1) is 0 Å². The van der Waals surface area contributed by atoms with Crippen LogP contribution in [0.25, 0.3) is 0 Å². The highest BCUT2D eigenvalue weighted by Gasteiger charge is 2.40. The zero-order valence-corrected chi connectivity index (χ0v) is 14.2. The van der Waals surface area contributed by atoms with Crippen LogP contribution >= 0.6 is 0 Å². The summed E-state index contributed by atoms with van der Waals surface area (Å²) in [6.07, 6.45) is 7.23. The van der Waals surface area contributed by atoms with Crippen LogP contribution < -0.4 is 5.32 Å². The number of carbonyl (C=O) groups excluding carboxylic acids is 2. The Kier molecular flexibility index (Phi) is 4.30. The molecule has 1 saturated carbocycles. The molecule has 1 aromatic carbocycles. The van der Waals surface area contributed by atoms with Crippen molar-refractivity contribution in [3.63, 3.8) is 0 Å². The molecule has 0 spiro atoms. The van der Waals surface area contributed by atoms with Crippen molar-refractivity contribution in [3.8, 4) is 0 Å². The first-order valence-corrected chi connectivity index (χ1v) is 9.40. The minimum absolute atomic E-state index is 0.0459.